The van der Waals surface area contributed by atoms with E-state index in [-0.39, 0.29) is 0 Å². The highest BCUT2D eigenvalue weighted by Gasteiger charge is 2.23. The molecule has 5 nitrogen and oxygen atoms in total. The number of aromatic amines is 1. The fourth-order valence-corrected chi connectivity index (χ4v) is 2.54. The van der Waals surface area contributed by atoms with Crippen molar-refractivity contribution in [2.75, 3.05) is 0 Å². The molecule has 2 N–H and O–H groups in total. The maximum absolute atomic E-state index is 11.6. The van der Waals surface area contributed by atoms with Crippen LogP contribution in [0.15, 0.2) is 54.7 Å². The predicted octanol–water partition coefficient (Wildman–Crippen LogP) is 4.59. The number of hydrogen-bond donors (Lipinski definition) is 2. The van der Waals surface area contributed by atoms with E-state index >= 15 is 0 Å². The van der Waals surface area contributed by atoms with Crippen molar-refractivity contribution in [3.05, 3.63) is 70.3 Å². The molecule has 1 aromatic heterocycles. The van der Waals surface area contributed by atoms with Gasteiger partial charge in [0.05, 0.1) is 5.69 Å². The Bertz CT molecular complexity index is 849. The summed E-state index contributed by atoms with van der Waals surface area (Å²) in [6.45, 7) is 0. The van der Waals surface area contributed by atoms with Gasteiger partial charge in [-0.2, -0.15) is 5.10 Å². The zero-order valence-electron chi connectivity index (χ0n) is 12.2. The minimum absolute atomic E-state index is 0.381. The van der Waals surface area contributed by atoms with Crippen LogP contribution in [0.5, 0.6) is 5.75 Å². The molecule has 0 saturated carbocycles. The summed E-state index contributed by atoms with van der Waals surface area (Å²) in [5.41, 5.74) is 1.78. The van der Waals surface area contributed by atoms with Crippen molar-refractivity contribution in [3.63, 3.8) is 0 Å². The van der Waals surface area contributed by atoms with E-state index in [1.165, 1.54) is 0 Å². The zero-order valence-corrected chi connectivity index (χ0v) is 13.8. The Hall–Kier alpha value is -2.50. The second kappa shape index (κ2) is 6.95. The second-order valence-electron chi connectivity index (χ2n) is 5.00. The van der Waals surface area contributed by atoms with Gasteiger partial charge in [0, 0.05) is 27.4 Å². The minimum Gasteiger partial charge on any atom is -0.478 e. The highest BCUT2D eigenvalue weighted by atomic mass is 35.5. The molecule has 1 atom stereocenters. The van der Waals surface area contributed by atoms with Gasteiger partial charge in [-0.1, -0.05) is 35.3 Å². The first-order valence-corrected chi connectivity index (χ1v) is 7.74. The molecule has 0 bridgehead atoms. The summed E-state index contributed by atoms with van der Waals surface area (Å²) in [5, 5.41) is 17.3. The molecule has 0 spiro atoms. The zero-order chi connectivity index (χ0) is 17.1. The smallest absolute Gasteiger partial charge is 0.349 e. The van der Waals surface area contributed by atoms with Gasteiger partial charge in [0.15, 0.2) is 0 Å². The molecule has 0 amide bonds. The van der Waals surface area contributed by atoms with Crippen LogP contribution < -0.4 is 4.74 Å². The lowest BCUT2D eigenvalue weighted by atomic mass is 10.1. The highest BCUT2D eigenvalue weighted by Crippen LogP contribution is 2.34. The van der Waals surface area contributed by atoms with E-state index in [0.29, 0.717) is 32.6 Å². The molecule has 0 saturated heterocycles. The molecule has 24 heavy (non-hydrogen) atoms. The number of carboxylic acid groups (broad SMARTS) is 1. The number of ether oxygens (including phenoxy) is 1. The third kappa shape index (κ3) is 3.53. The van der Waals surface area contributed by atoms with Crippen LogP contribution in [0.2, 0.25) is 10.0 Å². The van der Waals surface area contributed by atoms with Gasteiger partial charge in [-0.05, 0) is 36.4 Å². The summed E-state index contributed by atoms with van der Waals surface area (Å²) < 4.78 is 5.76. The minimum atomic E-state index is -1.18. The molecule has 0 aliphatic carbocycles. The first-order chi connectivity index (χ1) is 11.5. The van der Waals surface area contributed by atoms with Crippen molar-refractivity contribution < 1.29 is 14.6 Å². The Morgan fingerprint density at radius 1 is 1.08 bits per heavy atom. The van der Waals surface area contributed by atoms with Gasteiger partial charge >= 0.3 is 5.97 Å². The van der Waals surface area contributed by atoms with E-state index < -0.39 is 12.1 Å². The number of nitrogens with zero attached hydrogens (tertiary/aromatic N) is 1. The largest absolute Gasteiger partial charge is 0.478 e. The normalized spacial score (nSPS) is 11.9. The van der Waals surface area contributed by atoms with Crippen LogP contribution in [-0.2, 0) is 4.79 Å². The summed E-state index contributed by atoms with van der Waals surface area (Å²) in [4.78, 5) is 11.6. The topological polar surface area (TPSA) is 75.2 Å². The second-order valence-corrected chi connectivity index (χ2v) is 5.87. The van der Waals surface area contributed by atoms with Crippen LogP contribution in [0, 0.1) is 0 Å². The van der Waals surface area contributed by atoms with Crippen LogP contribution in [0.4, 0.5) is 0 Å². The molecule has 3 rings (SSSR count). The van der Waals surface area contributed by atoms with Gasteiger partial charge in [-0.15, -0.1) is 0 Å². The van der Waals surface area contributed by atoms with Crippen LogP contribution in [-0.4, -0.2) is 21.3 Å². The molecule has 0 aliphatic rings. The molecule has 3 aromatic rings. The SMILES string of the molecule is O=C(O)C(Oc1ccc(Cl)cc1-c1ccn[nH]1)c1ccc(Cl)cc1. The number of benzene rings is 2. The molecule has 122 valence electrons. The van der Waals surface area contributed by atoms with Gasteiger partial charge in [-0.25, -0.2) is 4.79 Å². The van der Waals surface area contributed by atoms with Crippen molar-refractivity contribution in [2.45, 2.75) is 6.10 Å². The standard InChI is InChI=1S/C17H12Cl2N2O3/c18-11-3-1-10(2-4-11)16(17(22)23)24-15-6-5-12(19)9-13(15)14-7-8-20-21-14/h1-9,16H,(H,20,21)(H,22,23). The molecule has 1 unspecified atom stereocenters. The van der Waals surface area contributed by atoms with E-state index in [9.17, 15) is 9.90 Å². The molecule has 0 aliphatic heterocycles. The maximum atomic E-state index is 11.6. The number of carboxylic acids is 1. The molecule has 0 radical (unpaired) electrons. The van der Waals surface area contributed by atoms with Gasteiger partial charge < -0.3 is 9.84 Å². The summed E-state index contributed by atoms with van der Waals surface area (Å²) in [6, 6.07) is 13.2. The highest BCUT2D eigenvalue weighted by molar-refractivity contribution is 6.31. The first kappa shape index (κ1) is 16.4. The quantitative estimate of drug-likeness (QED) is 0.695. The van der Waals surface area contributed by atoms with Crippen LogP contribution in [0.3, 0.4) is 0 Å². The van der Waals surface area contributed by atoms with Crippen molar-refractivity contribution in [3.8, 4) is 17.0 Å². The van der Waals surface area contributed by atoms with E-state index in [1.54, 1.807) is 54.7 Å². The molecule has 2 aromatic carbocycles. The van der Waals surface area contributed by atoms with Crippen LogP contribution in [0.25, 0.3) is 11.3 Å². The Labute approximate surface area is 147 Å². The number of nitrogens with one attached hydrogen (secondary N) is 1. The Kier molecular flexibility index (Phi) is 4.74. The molecular weight excluding hydrogens is 351 g/mol. The summed E-state index contributed by atoms with van der Waals surface area (Å²) >= 11 is 11.9. The van der Waals surface area contributed by atoms with Crippen LogP contribution >= 0.6 is 23.2 Å². The molecule has 0 fully saturated rings. The van der Waals surface area contributed by atoms with Crippen molar-refractivity contribution >= 4 is 29.2 Å². The number of aromatic nitrogens is 2. The molecule has 7 heteroatoms. The Morgan fingerprint density at radius 2 is 1.79 bits per heavy atom. The van der Waals surface area contributed by atoms with Gasteiger partial charge in [0.25, 0.3) is 0 Å². The molecule has 1 heterocycles. The lowest BCUT2D eigenvalue weighted by Crippen LogP contribution is -2.18. The van der Waals surface area contributed by atoms with Gasteiger partial charge in [0.1, 0.15) is 5.75 Å². The van der Waals surface area contributed by atoms with Crippen molar-refractivity contribution in [2.24, 2.45) is 0 Å². The summed E-state index contributed by atoms with van der Waals surface area (Å²) in [6.07, 6.45) is 0.415. The van der Waals surface area contributed by atoms with E-state index in [1.807, 2.05) is 0 Å². The number of rotatable bonds is 5. The van der Waals surface area contributed by atoms with Crippen molar-refractivity contribution in [1.82, 2.24) is 10.2 Å². The van der Waals surface area contributed by atoms with E-state index in [0.717, 1.165) is 0 Å². The first-order valence-electron chi connectivity index (χ1n) is 6.99. The average molecular weight is 363 g/mol. The summed E-state index contributed by atoms with van der Waals surface area (Å²) in [5.74, 6) is -0.728. The lowest BCUT2D eigenvalue weighted by Gasteiger charge is -2.18. The fraction of sp³-hybridized carbons (Fsp3) is 0.0588. The number of halogens is 2. The van der Waals surface area contributed by atoms with Gasteiger partial charge in [0.2, 0.25) is 6.10 Å². The third-order valence-electron chi connectivity index (χ3n) is 3.37. The number of carbonyl (C=O) groups is 1. The monoisotopic (exact) mass is 362 g/mol. The summed E-state index contributed by atoms with van der Waals surface area (Å²) in [7, 11) is 0. The van der Waals surface area contributed by atoms with Crippen molar-refractivity contribution in [1.29, 1.82) is 0 Å². The van der Waals surface area contributed by atoms with E-state index in [4.69, 9.17) is 27.9 Å². The Morgan fingerprint density at radius 3 is 2.42 bits per heavy atom. The van der Waals surface area contributed by atoms with Gasteiger partial charge in [-0.3, -0.25) is 5.10 Å². The lowest BCUT2D eigenvalue weighted by molar-refractivity contribution is -0.145. The third-order valence-corrected chi connectivity index (χ3v) is 3.86. The maximum Gasteiger partial charge on any atom is 0.349 e. The number of H-pyrrole nitrogens is 1. The predicted molar refractivity (Wildman–Crippen MR) is 91.5 cm³/mol. The Balaban J connectivity index is 1.99. The molecular formula is C17H12Cl2N2O3. The average Bonchev–Trinajstić information content (AvgIpc) is 3.09. The number of aliphatic carboxylic acids is 1. The fourth-order valence-electron chi connectivity index (χ4n) is 2.25. The number of hydrogen-bond acceptors (Lipinski definition) is 3. The van der Waals surface area contributed by atoms with E-state index in [2.05, 4.69) is 10.2 Å². The van der Waals surface area contributed by atoms with Crippen LogP contribution in [0.1, 0.15) is 11.7 Å².